The number of nitrogens with one attached hydrogen (secondary N) is 1. The van der Waals surface area contributed by atoms with Crippen molar-refractivity contribution in [2.45, 2.75) is 0 Å². The van der Waals surface area contributed by atoms with Crippen molar-refractivity contribution in [3.8, 4) is 0 Å². The van der Waals surface area contributed by atoms with Gasteiger partial charge < -0.3 is 11.1 Å². The van der Waals surface area contributed by atoms with Crippen LogP contribution < -0.4 is 11.1 Å². The summed E-state index contributed by atoms with van der Waals surface area (Å²) in [7, 11) is 0. The Morgan fingerprint density at radius 2 is 1.95 bits per heavy atom. The van der Waals surface area contributed by atoms with Gasteiger partial charge in [-0.05, 0) is 18.2 Å². The van der Waals surface area contributed by atoms with Gasteiger partial charge in [-0.2, -0.15) is 0 Å². The zero-order chi connectivity index (χ0) is 14.7. The highest BCUT2D eigenvalue weighted by molar-refractivity contribution is 6.09. The van der Waals surface area contributed by atoms with E-state index in [4.69, 9.17) is 5.73 Å². The number of aromatic nitrogens is 1. The van der Waals surface area contributed by atoms with Gasteiger partial charge in [0.15, 0.2) is 0 Å². The number of nitrogens with zero attached hydrogens (tertiary/aromatic N) is 2. The maximum absolute atomic E-state index is 13.7. The second-order valence-corrected chi connectivity index (χ2v) is 3.80. The van der Waals surface area contributed by atoms with Crippen molar-refractivity contribution < 1.29 is 14.1 Å². The summed E-state index contributed by atoms with van der Waals surface area (Å²) < 4.78 is 13.7. The van der Waals surface area contributed by atoms with Crippen LogP contribution >= 0.6 is 0 Å². The first-order valence-corrected chi connectivity index (χ1v) is 5.44. The van der Waals surface area contributed by atoms with E-state index in [0.717, 1.165) is 12.1 Å². The number of nitrogen functional groups attached to an aromatic ring is 1. The minimum Gasteiger partial charge on any atom is -0.392 e. The normalized spacial score (nSPS) is 10.1. The Bertz CT molecular complexity index is 676. The maximum Gasteiger partial charge on any atom is 0.293 e. The second-order valence-electron chi connectivity index (χ2n) is 3.80. The Labute approximate surface area is 112 Å². The van der Waals surface area contributed by atoms with Gasteiger partial charge in [-0.3, -0.25) is 19.9 Å². The Kier molecular flexibility index (Phi) is 3.56. The molecule has 0 aliphatic carbocycles. The monoisotopic (exact) mass is 276 g/mol. The van der Waals surface area contributed by atoms with Crippen LogP contribution in [0.2, 0.25) is 0 Å². The molecule has 1 heterocycles. The maximum atomic E-state index is 13.7. The number of benzene rings is 1. The molecule has 0 fully saturated rings. The topological polar surface area (TPSA) is 111 Å². The largest absolute Gasteiger partial charge is 0.392 e. The third-order valence-corrected chi connectivity index (χ3v) is 2.53. The van der Waals surface area contributed by atoms with E-state index in [-0.39, 0.29) is 0 Å². The average molecular weight is 276 g/mol. The summed E-state index contributed by atoms with van der Waals surface area (Å²) >= 11 is 0. The molecular formula is C12H9FN4O3. The molecule has 0 saturated heterocycles. The summed E-state index contributed by atoms with van der Waals surface area (Å²) in [5, 5.41) is 13.1. The van der Waals surface area contributed by atoms with E-state index < -0.39 is 33.6 Å². The molecule has 0 atom stereocenters. The van der Waals surface area contributed by atoms with Gasteiger partial charge in [-0.1, -0.05) is 0 Å². The number of nitro groups is 1. The van der Waals surface area contributed by atoms with E-state index in [9.17, 15) is 19.3 Å². The zero-order valence-electron chi connectivity index (χ0n) is 10.0. The van der Waals surface area contributed by atoms with Crippen molar-refractivity contribution in [3.63, 3.8) is 0 Å². The number of hydrogen-bond acceptors (Lipinski definition) is 5. The summed E-state index contributed by atoms with van der Waals surface area (Å²) in [5.74, 6) is -1.80. The first-order chi connectivity index (χ1) is 9.50. The molecule has 2 rings (SSSR count). The number of hydrogen-bond donors (Lipinski definition) is 2. The fourth-order valence-electron chi connectivity index (χ4n) is 1.60. The molecule has 0 spiro atoms. The van der Waals surface area contributed by atoms with Crippen LogP contribution in [0.15, 0.2) is 36.7 Å². The molecule has 8 heteroatoms. The van der Waals surface area contributed by atoms with Crippen LogP contribution in [0.3, 0.4) is 0 Å². The van der Waals surface area contributed by atoms with Crippen molar-refractivity contribution in [1.82, 2.24) is 4.98 Å². The fourth-order valence-corrected chi connectivity index (χ4v) is 1.60. The standard InChI is InChI=1S/C12H9FN4O3/c13-8-1-2-9(17(19)20)11(14)10(8)12(18)16-7-3-5-15-6-4-7/h1-6H,14H2,(H,15,16,18). The minimum atomic E-state index is -0.931. The lowest BCUT2D eigenvalue weighted by Crippen LogP contribution is -2.17. The van der Waals surface area contributed by atoms with Gasteiger partial charge in [0, 0.05) is 24.1 Å². The summed E-state index contributed by atoms with van der Waals surface area (Å²) in [5.41, 5.74) is 4.26. The molecule has 0 radical (unpaired) electrons. The number of rotatable bonds is 3. The molecular weight excluding hydrogens is 267 g/mol. The van der Waals surface area contributed by atoms with Crippen LogP contribution in [0.5, 0.6) is 0 Å². The van der Waals surface area contributed by atoms with Gasteiger partial charge in [0.05, 0.1) is 4.92 Å². The number of halogens is 1. The van der Waals surface area contributed by atoms with Crippen LogP contribution in [0.1, 0.15) is 10.4 Å². The highest BCUT2D eigenvalue weighted by Crippen LogP contribution is 2.27. The second kappa shape index (κ2) is 5.31. The van der Waals surface area contributed by atoms with Gasteiger partial charge in [0.1, 0.15) is 17.1 Å². The Balaban J connectivity index is 2.39. The molecule has 0 unspecified atom stereocenters. The molecule has 0 bridgehead atoms. The summed E-state index contributed by atoms with van der Waals surface area (Å²) in [6.45, 7) is 0. The highest BCUT2D eigenvalue weighted by Gasteiger charge is 2.23. The number of carbonyl (C=O) groups excluding carboxylic acids is 1. The van der Waals surface area contributed by atoms with Crippen molar-refractivity contribution in [2.24, 2.45) is 0 Å². The first kappa shape index (κ1) is 13.4. The average Bonchev–Trinajstić information content (AvgIpc) is 2.39. The molecule has 3 N–H and O–H groups in total. The Morgan fingerprint density at radius 1 is 1.30 bits per heavy atom. The number of nitrogens with two attached hydrogens (primary N) is 1. The van der Waals surface area contributed by atoms with Crippen LogP contribution in [-0.2, 0) is 0 Å². The van der Waals surface area contributed by atoms with Gasteiger partial charge in [0.2, 0.25) is 0 Å². The number of anilines is 2. The van der Waals surface area contributed by atoms with Crippen molar-refractivity contribution in [2.75, 3.05) is 11.1 Å². The van der Waals surface area contributed by atoms with Crippen LogP contribution in [0.25, 0.3) is 0 Å². The van der Waals surface area contributed by atoms with Gasteiger partial charge in [-0.25, -0.2) is 4.39 Å². The number of amides is 1. The Morgan fingerprint density at radius 3 is 2.55 bits per heavy atom. The van der Waals surface area contributed by atoms with Gasteiger partial charge in [-0.15, -0.1) is 0 Å². The molecule has 0 aliphatic heterocycles. The van der Waals surface area contributed by atoms with E-state index in [0.29, 0.717) is 5.69 Å². The van der Waals surface area contributed by atoms with Crippen LogP contribution in [-0.4, -0.2) is 15.8 Å². The smallest absolute Gasteiger partial charge is 0.293 e. The summed E-state index contributed by atoms with van der Waals surface area (Å²) in [4.78, 5) is 25.7. The molecule has 1 amide bonds. The molecule has 102 valence electrons. The number of pyridine rings is 1. The molecule has 0 aliphatic rings. The lowest BCUT2D eigenvalue weighted by molar-refractivity contribution is -0.384. The van der Waals surface area contributed by atoms with Gasteiger partial charge >= 0.3 is 0 Å². The SMILES string of the molecule is Nc1c([N+](=O)[O-])ccc(F)c1C(=O)Nc1ccncc1. The van der Waals surface area contributed by atoms with E-state index in [1.807, 2.05) is 0 Å². The van der Waals surface area contributed by atoms with Crippen molar-refractivity contribution >= 4 is 23.0 Å². The third kappa shape index (κ3) is 2.53. The van der Waals surface area contributed by atoms with E-state index >= 15 is 0 Å². The number of carbonyl (C=O) groups is 1. The third-order valence-electron chi connectivity index (χ3n) is 2.53. The van der Waals surface area contributed by atoms with E-state index in [2.05, 4.69) is 10.3 Å². The lowest BCUT2D eigenvalue weighted by atomic mass is 10.1. The number of nitro benzene ring substituents is 1. The molecule has 7 nitrogen and oxygen atoms in total. The fraction of sp³-hybridized carbons (Fsp3) is 0. The van der Waals surface area contributed by atoms with Crippen molar-refractivity contribution in [1.29, 1.82) is 0 Å². The Hall–Kier alpha value is -3.03. The summed E-state index contributed by atoms with van der Waals surface area (Å²) in [6.07, 6.45) is 2.87. The van der Waals surface area contributed by atoms with E-state index in [1.165, 1.54) is 24.5 Å². The minimum absolute atomic E-state index is 0.371. The predicted molar refractivity (Wildman–Crippen MR) is 69.7 cm³/mol. The van der Waals surface area contributed by atoms with Crippen molar-refractivity contribution in [3.05, 3.63) is 58.2 Å². The predicted octanol–water partition coefficient (Wildman–Crippen LogP) is 1.96. The molecule has 0 saturated carbocycles. The summed E-state index contributed by atoms with van der Waals surface area (Å²) in [6, 6.07) is 4.72. The molecule has 1 aromatic heterocycles. The molecule has 20 heavy (non-hydrogen) atoms. The zero-order valence-corrected chi connectivity index (χ0v) is 10.0. The van der Waals surface area contributed by atoms with Crippen LogP contribution in [0, 0.1) is 15.9 Å². The molecule has 1 aromatic carbocycles. The first-order valence-electron chi connectivity index (χ1n) is 5.44. The van der Waals surface area contributed by atoms with Crippen LogP contribution in [0.4, 0.5) is 21.5 Å². The van der Waals surface area contributed by atoms with E-state index in [1.54, 1.807) is 0 Å². The highest BCUT2D eigenvalue weighted by atomic mass is 19.1. The lowest BCUT2D eigenvalue weighted by Gasteiger charge is -2.08. The molecule has 2 aromatic rings. The van der Waals surface area contributed by atoms with Gasteiger partial charge in [0.25, 0.3) is 11.6 Å². The quantitative estimate of drug-likeness (QED) is 0.505.